The average Bonchev–Trinajstić information content (AvgIpc) is 2.72. The van der Waals surface area contributed by atoms with Crippen LogP contribution < -0.4 is 10.1 Å². The summed E-state index contributed by atoms with van der Waals surface area (Å²) in [5.74, 6) is 1.46. The fraction of sp³-hybridized carbons (Fsp3) is 0.391. The summed E-state index contributed by atoms with van der Waals surface area (Å²) < 4.78 is 5.92. The molecule has 0 saturated carbocycles. The minimum Gasteiger partial charge on any atom is -0.457 e. The molecule has 6 nitrogen and oxygen atoms in total. The maximum atomic E-state index is 12.5. The molecule has 2 aromatic rings. The predicted octanol–water partition coefficient (Wildman–Crippen LogP) is 3.04. The largest absolute Gasteiger partial charge is 0.457 e. The first-order valence-corrected chi connectivity index (χ1v) is 10.1. The third kappa shape index (κ3) is 5.81. The molecule has 1 aliphatic rings. The molecular formula is C23H29N3O3. The van der Waals surface area contributed by atoms with Crippen molar-refractivity contribution in [1.82, 2.24) is 15.1 Å². The van der Waals surface area contributed by atoms with Gasteiger partial charge in [0.15, 0.2) is 0 Å². The van der Waals surface area contributed by atoms with Gasteiger partial charge in [0.2, 0.25) is 11.8 Å². The van der Waals surface area contributed by atoms with Crippen LogP contribution in [-0.4, -0.2) is 54.3 Å². The van der Waals surface area contributed by atoms with E-state index in [0.29, 0.717) is 26.2 Å². The second-order valence-electron chi connectivity index (χ2n) is 7.36. The number of carbonyl (C=O) groups excluding carboxylic acids is 2. The van der Waals surface area contributed by atoms with Crippen LogP contribution in [0.25, 0.3) is 0 Å². The molecule has 29 heavy (non-hydrogen) atoms. The summed E-state index contributed by atoms with van der Waals surface area (Å²) in [5.41, 5.74) is 1.05. The van der Waals surface area contributed by atoms with E-state index >= 15 is 0 Å². The lowest BCUT2D eigenvalue weighted by molar-refractivity contribution is -0.138. The number of ether oxygens (including phenoxy) is 1. The smallest absolute Gasteiger partial charge is 0.237 e. The Bertz CT molecular complexity index is 825. The second-order valence-corrected chi connectivity index (χ2v) is 7.36. The molecule has 0 bridgehead atoms. The lowest BCUT2D eigenvalue weighted by Gasteiger charge is -2.35. The number of carbonyl (C=O) groups is 2. The number of hydrogen-bond acceptors (Lipinski definition) is 4. The van der Waals surface area contributed by atoms with Gasteiger partial charge in [0.05, 0.1) is 12.5 Å². The molecule has 2 aromatic carbocycles. The van der Waals surface area contributed by atoms with Crippen molar-refractivity contribution in [2.75, 3.05) is 26.7 Å². The Balaban J connectivity index is 1.69. The summed E-state index contributed by atoms with van der Waals surface area (Å²) in [6.45, 7) is 4.63. The van der Waals surface area contributed by atoms with Crippen molar-refractivity contribution < 1.29 is 14.3 Å². The summed E-state index contributed by atoms with van der Waals surface area (Å²) in [6.07, 6.45) is 1.10. The standard InChI is InChI=1S/C23H29N3O3/c1-3-13-25(2)22(27)16-21-23(28)24-12-14-26(21)17-18-8-7-11-20(15-18)29-19-9-5-4-6-10-19/h4-11,15,21H,3,12-14,16-17H2,1-2H3,(H,24,28)/t21-/m0/s1. The van der Waals surface area contributed by atoms with Crippen LogP contribution in [0.4, 0.5) is 0 Å². The van der Waals surface area contributed by atoms with E-state index in [9.17, 15) is 9.59 Å². The van der Waals surface area contributed by atoms with Crippen molar-refractivity contribution in [3.8, 4) is 11.5 Å². The molecule has 6 heteroatoms. The molecule has 2 amide bonds. The highest BCUT2D eigenvalue weighted by Gasteiger charge is 2.32. The van der Waals surface area contributed by atoms with Crippen LogP contribution in [0, 0.1) is 0 Å². The Labute approximate surface area is 172 Å². The second kappa shape index (κ2) is 10.1. The van der Waals surface area contributed by atoms with Gasteiger partial charge in [0, 0.05) is 33.2 Å². The number of benzene rings is 2. The molecule has 1 atom stereocenters. The molecule has 1 fully saturated rings. The highest BCUT2D eigenvalue weighted by atomic mass is 16.5. The van der Waals surface area contributed by atoms with Gasteiger partial charge in [0.1, 0.15) is 11.5 Å². The van der Waals surface area contributed by atoms with E-state index in [-0.39, 0.29) is 18.2 Å². The van der Waals surface area contributed by atoms with Gasteiger partial charge in [-0.2, -0.15) is 0 Å². The van der Waals surface area contributed by atoms with Gasteiger partial charge in [-0.1, -0.05) is 37.3 Å². The Hall–Kier alpha value is -2.86. The van der Waals surface area contributed by atoms with Gasteiger partial charge in [-0.3, -0.25) is 14.5 Å². The quantitative estimate of drug-likeness (QED) is 0.746. The Kier molecular flexibility index (Phi) is 7.25. The van der Waals surface area contributed by atoms with Crippen LogP contribution in [0.3, 0.4) is 0 Å². The zero-order valence-corrected chi connectivity index (χ0v) is 17.1. The molecule has 1 saturated heterocycles. The number of nitrogens with one attached hydrogen (secondary N) is 1. The van der Waals surface area contributed by atoms with Gasteiger partial charge >= 0.3 is 0 Å². The molecule has 1 N–H and O–H groups in total. The number of rotatable bonds is 8. The van der Waals surface area contributed by atoms with Gasteiger partial charge in [0.25, 0.3) is 0 Å². The number of amides is 2. The monoisotopic (exact) mass is 395 g/mol. The summed E-state index contributed by atoms with van der Waals surface area (Å²) in [7, 11) is 1.79. The number of piperazine rings is 1. The fourth-order valence-electron chi connectivity index (χ4n) is 3.52. The first-order valence-electron chi connectivity index (χ1n) is 10.1. The van der Waals surface area contributed by atoms with Crippen molar-refractivity contribution in [3.05, 3.63) is 60.2 Å². The first-order chi connectivity index (χ1) is 14.1. The van der Waals surface area contributed by atoms with Crippen LogP contribution in [0.5, 0.6) is 11.5 Å². The van der Waals surface area contributed by atoms with Gasteiger partial charge in [-0.15, -0.1) is 0 Å². The summed E-state index contributed by atoms with van der Waals surface area (Å²) in [6, 6.07) is 17.1. The van der Waals surface area contributed by atoms with Crippen LogP contribution >= 0.6 is 0 Å². The highest BCUT2D eigenvalue weighted by Crippen LogP contribution is 2.23. The van der Waals surface area contributed by atoms with Crippen LogP contribution in [0.15, 0.2) is 54.6 Å². The van der Waals surface area contributed by atoms with E-state index in [1.807, 2.05) is 61.5 Å². The van der Waals surface area contributed by atoms with Crippen LogP contribution in [-0.2, 0) is 16.1 Å². The van der Waals surface area contributed by atoms with Crippen molar-refractivity contribution >= 4 is 11.8 Å². The van der Waals surface area contributed by atoms with Crippen molar-refractivity contribution in [3.63, 3.8) is 0 Å². The molecule has 0 spiro atoms. The van der Waals surface area contributed by atoms with E-state index in [1.165, 1.54) is 0 Å². The average molecular weight is 396 g/mol. The van der Waals surface area contributed by atoms with Crippen molar-refractivity contribution in [1.29, 1.82) is 0 Å². The minimum absolute atomic E-state index is 0.0000571. The minimum atomic E-state index is -0.450. The highest BCUT2D eigenvalue weighted by molar-refractivity contribution is 5.88. The van der Waals surface area contributed by atoms with Gasteiger partial charge in [-0.25, -0.2) is 0 Å². The lowest BCUT2D eigenvalue weighted by atomic mass is 10.1. The van der Waals surface area contributed by atoms with Gasteiger partial charge in [-0.05, 0) is 36.2 Å². The van der Waals surface area contributed by atoms with Crippen molar-refractivity contribution in [2.45, 2.75) is 32.4 Å². The predicted molar refractivity (Wildman–Crippen MR) is 113 cm³/mol. The molecule has 0 aliphatic carbocycles. The zero-order chi connectivity index (χ0) is 20.6. The summed E-state index contributed by atoms with van der Waals surface area (Å²) in [5, 5.41) is 2.89. The van der Waals surface area contributed by atoms with E-state index < -0.39 is 6.04 Å². The normalized spacial score (nSPS) is 16.9. The topological polar surface area (TPSA) is 61.9 Å². The van der Waals surface area contributed by atoms with Gasteiger partial charge < -0.3 is 15.0 Å². The Morgan fingerprint density at radius 3 is 2.69 bits per heavy atom. The number of para-hydroxylation sites is 1. The van der Waals surface area contributed by atoms with Crippen LogP contribution in [0.2, 0.25) is 0 Å². The number of nitrogens with zero attached hydrogens (tertiary/aromatic N) is 2. The Morgan fingerprint density at radius 2 is 1.93 bits per heavy atom. The first kappa shape index (κ1) is 20.9. The molecule has 1 aliphatic heterocycles. The molecule has 0 aromatic heterocycles. The van der Waals surface area contributed by atoms with Crippen molar-refractivity contribution in [2.24, 2.45) is 0 Å². The molecule has 0 unspecified atom stereocenters. The van der Waals surface area contributed by atoms with E-state index in [1.54, 1.807) is 11.9 Å². The van der Waals surface area contributed by atoms with E-state index in [0.717, 1.165) is 23.5 Å². The van der Waals surface area contributed by atoms with Crippen LogP contribution in [0.1, 0.15) is 25.3 Å². The third-order valence-corrected chi connectivity index (χ3v) is 5.06. The SMILES string of the molecule is CCCN(C)C(=O)C[C@H]1C(=O)NCCN1Cc1cccc(Oc2ccccc2)c1. The lowest BCUT2D eigenvalue weighted by Crippen LogP contribution is -2.56. The maximum Gasteiger partial charge on any atom is 0.237 e. The molecule has 0 radical (unpaired) electrons. The zero-order valence-electron chi connectivity index (χ0n) is 17.1. The summed E-state index contributed by atoms with van der Waals surface area (Å²) in [4.78, 5) is 28.8. The maximum absolute atomic E-state index is 12.5. The molecule has 154 valence electrons. The number of hydrogen-bond donors (Lipinski definition) is 1. The van der Waals surface area contributed by atoms with E-state index in [2.05, 4.69) is 10.2 Å². The van der Waals surface area contributed by atoms with E-state index in [4.69, 9.17) is 4.74 Å². The molecular weight excluding hydrogens is 366 g/mol. The fourth-order valence-corrected chi connectivity index (χ4v) is 3.52. The molecule has 3 rings (SSSR count). The Morgan fingerprint density at radius 1 is 1.17 bits per heavy atom. The third-order valence-electron chi connectivity index (χ3n) is 5.06. The summed E-state index contributed by atoms with van der Waals surface area (Å²) >= 11 is 0. The molecule has 1 heterocycles.